The molecule has 1 aromatic rings. The van der Waals surface area contributed by atoms with Gasteiger partial charge in [-0.15, -0.1) is 0 Å². The maximum atomic E-state index is 13.6. The van der Waals surface area contributed by atoms with Crippen molar-refractivity contribution in [1.29, 1.82) is 0 Å². The van der Waals surface area contributed by atoms with Crippen LogP contribution in [0.1, 0.15) is 23.2 Å². The SMILES string of the molecule is COc1ccc(C(=O)NC2CCN(CC(N)=O)CC2)cc1F. The van der Waals surface area contributed by atoms with Crippen molar-refractivity contribution in [2.24, 2.45) is 5.73 Å². The van der Waals surface area contributed by atoms with Crippen LogP contribution in [0.4, 0.5) is 4.39 Å². The molecule has 0 saturated carbocycles. The van der Waals surface area contributed by atoms with E-state index in [9.17, 15) is 14.0 Å². The van der Waals surface area contributed by atoms with Crippen LogP contribution in [0.2, 0.25) is 0 Å². The predicted molar refractivity (Wildman–Crippen MR) is 79.1 cm³/mol. The second-order valence-electron chi connectivity index (χ2n) is 5.34. The van der Waals surface area contributed by atoms with Gasteiger partial charge >= 0.3 is 0 Å². The van der Waals surface area contributed by atoms with Crippen LogP contribution < -0.4 is 15.8 Å². The number of hydrogen-bond acceptors (Lipinski definition) is 4. The van der Waals surface area contributed by atoms with Crippen LogP contribution >= 0.6 is 0 Å². The summed E-state index contributed by atoms with van der Waals surface area (Å²) in [7, 11) is 1.37. The van der Waals surface area contributed by atoms with Crippen LogP contribution in [-0.4, -0.2) is 49.5 Å². The lowest BCUT2D eigenvalue weighted by Crippen LogP contribution is -2.46. The number of nitrogens with zero attached hydrogens (tertiary/aromatic N) is 1. The molecule has 6 nitrogen and oxygen atoms in total. The number of ether oxygens (including phenoxy) is 1. The summed E-state index contributed by atoms with van der Waals surface area (Å²) >= 11 is 0. The van der Waals surface area contributed by atoms with Crippen molar-refractivity contribution in [3.63, 3.8) is 0 Å². The Morgan fingerprint density at radius 1 is 1.41 bits per heavy atom. The second kappa shape index (κ2) is 7.22. The molecule has 0 unspecified atom stereocenters. The van der Waals surface area contributed by atoms with Gasteiger partial charge in [-0.1, -0.05) is 0 Å². The van der Waals surface area contributed by atoms with Crippen LogP contribution in [-0.2, 0) is 4.79 Å². The summed E-state index contributed by atoms with van der Waals surface area (Å²) in [6.45, 7) is 1.64. The van der Waals surface area contributed by atoms with Crippen molar-refractivity contribution < 1.29 is 18.7 Å². The lowest BCUT2D eigenvalue weighted by atomic mass is 10.0. The van der Waals surface area contributed by atoms with Gasteiger partial charge in [0.25, 0.3) is 5.91 Å². The highest BCUT2D eigenvalue weighted by atomic mass is 19.1. The molecule has 7 heteroatoms. The number of halogens is 1. The maximum Gasteiger partial charge on any atom is 0.251 e. The standard InChI is InChI=1S/C15H20FN3O3/c1-22-13-3-2-10(8-12(13)16)15(21)18-11-4-6-19(7-5-11)9-14(17)20/h2-3,8,11H,4-7,9H2,1H3,(H2,17,20)(H,18,21). The van der Waals surface area contributed by atoms with Gasteiger partial charge in [-0.3, -0.25) is 14.5 Å². The van der Waals surface area contributed by atoms with Crippen molar-refractivity contribution in [3.05, 3.63) is 29.6 Å². The van der Waals surface area contributed by atoms with E-state index in [-0.39, 0.29) is 35.7 Å². The highest BCUT2D eigenvalue weighted by Crippen LogP contribution is 2.18. The summed E-state index contributed by atoms with van der Waals surface area (Å²) in [5, 5.41) is 2.88. The number of carbonyl (C=O) groups excluding carboxylic acids is 2. The first-order chi connectivity index (χ1) is 10.5. The Hall–Kier alpha value is -2.15. The summed E-state index contributed by atoms with van der Waals surface area (Å²) in [5.74, 6) is -1.12. The second-order valence-corrected chi connectivity index (χ2v) is 5.34. The molecule has 1 fully saturated rings. The number of likely N-dealkylation sites (tertiary alicyclic amines) is 1. The molecular weight excluding hydrogens is 289 g/mol. The van der Waals surface area contributed by atoms with E-state index in [0.29, 0.717) is 13.1 Å². The molecular formula is C15H20FN3O3. The molecule has 0 radical (unpaired) electrons. The van der Waals surface area contributed by atoms with Crippen molar-refractivity contribution in [3.8, 4) is 5.75 Å². The molecule has 1 heterocycles. The van der Waals surface area contributed by atoms with Gasteiger partial charge < -0.3 is 15.8 Å². The third kappa shape index (κ3) is 4.17. The summed E-state index contributed by atoms with van der Waals surface area (Å²) in [6, 6.07) is 4.14. The van der Waals surface area contributed by atoms with E-state index in [1.807, 2.05) is 4.90 Å². The van der Waals surface area contributed by atoms with Gasteiger partial charge in [-0.25, -0.2) is 4.39 Å². The topological polar surface area (TPSA) is 84.7 Å². The molecule has 2 rings (SSSR count). The van der Waals surface area contributed by atoms with Gasteiger partial charge in [0.05, 0.1) is 13.7 Å². The number of nitrogens with two attached hydrogens (primary N) is 1. The smallest absolute Gasteiger partial charge is 0.251 e. The maximum absolute atomic E-state index is 13.6. The Kier molecular flexibility index (Phi) is 5.32. The number of primary amides is 1. The van der Waals surface area contributed by atoms with E-state index < -0.39 is 5.82 Å². The molecule has 2 amide bonds. The Morgan fingerprint density at radius 2 is 2.09 bits per heavy atom. The highest BCUT2D eigenvalue weighted by Gasteiger charge is 2.22. The molecule has 3 N–H and O–H groups in total. The number of piperidine rings is 1. The van der Waals surface area contributed by atoms with Crippen molar-refractivity contribution in [1.82, 2.24) is 10.2 Å². The Morgan fingerprint density at radius 3 is 2.64 bits per heavy atom. The zero-order valence-corrected chi connectivity index (χ0v) is 12.5. The van der Waals surface area contributed by atoms with Crippen molar-refractivity contribution >= 4 is 11.8 Å². The van der Waals surface area contributed by atoms with Gasteiger partial charge in [0.15, 0.2) is 11.6 Å². The van der Waals surface area contributed by atoms with Crippen LogP contribution in [0.15, 0.2) is 18.2 Å². The average molecular weight is 309 g/mol. The largest absolute Gasteiger partial charge is 0.494 e. The lowest BCUT2D eigenvalue weighted by Gasteiger charge is -2.31. The Labute approximate surface area is 128 Å². The van der Waals surface area contributed by atoms with E-state index >= 15 is 0 Å². The van der Waals surface area contributed by atoms with Crippen molar-refractivity contribution in [2.45, 2.75) is 18.9 Å². The van der Waals surface area contributed by atoms with Crippen LogP contribution in [0, 0.1) is 5.82 Å². The van der Waals surface area contributed by atoms with Gasteiger partial charge in [-0.05, 0) is 31.0 Å². The van der Waals surface area contributed by atoms with Crippen LogP contribution in [0.25, 0.3) is 0 Å². The predicted octanol–water partition coefficient (Wildman–Crippen LogP) is 0.514. The molecule has 0 spiro atoms. The van der Waals surface area contributed by atoms with E-state index in [2.05, 4.69) is 5.32 Å². The molecule has 1 aliphatic heterocycles. The fourth-order valence-electron chi connectivity index (χ4n) is 2.53. The first-order valence-electron chi connectivity index (χ1n) is 7.14. The number of benzene rings is 1. The van der Waals surface area contributed by atoms with E-state index in [0.717, 1.165) is 18.9 Å². The minimum atomic E-state index is -0.563. The van der Waals surface area contributed by atoms with Gasteiger partial charge in [0.1, 0.15) is 0 Å². The zero-order chi connectivity index (χ0) is 16.1. The normalized spacial score (nSPS) is 16.3. The molecule has 1 aromatic carbocycles. The number of rotatable bonds is 5. The quantitative estimate of drug-likeness (QED) is 0.830. The molecule has 22 heavy (non-hydrogen) atoms. The van der Waals surface area contributed by atoms with Gasteiger partial charge in [0, 0.05) is 24.7 Å². The molecule has 1 saturated heterocycles. The summed E-state index contributed by atoms with van der Waals surface area (Å²) < 4.78 is 18.4. The summed E-state index contributed by atoms with van der Waals surface area (Å²) in [5.41, 5.74) is 5.42. The highest BCUT2D eigenvalue weighted by molar-refractivity contribution is 5.94. The fraction of sp³-hybridized carbons (Fsp3) is 0.467. The van der Waals surface area contributed by atoms with E-state index in [1.165, 1.54) is 19.2 Å². The average Bonchev–Trinajstić information content (AvgIpc) is 2.48. The zero-order valence-electron chi connectivity index (χ0n) is 12.5. The van der Waals surface area contributed by atoms with Crippen LogP contribution in [0.5, 0.6) is 5.75 Å². The summed E-state index contributed by atoms with van der Waals surface area (Å²) in [4.78, 5) is 24.9. The summed E-state index contributed by atoms with van der Waals surface area (Å²) in [6.07, 6.45) is 1.47. The van der Waals surface area contributed by atoms with Crippen molar-refractivity contribution in [2.75, 3.05) is 26.7 Å². The first kappa shape index (κ1) is 16.2. The van der Waals surface area contributed by atoms with Gasteiger partial charge in [-0.2, -0.15) is 0 Å². The molecule has 0 bridgehead atoms. The number of hydrogen-bond donors (Lipinski definition) is 2. The Balaban J connectivity index is 1.88. The monoisotopic (exact) mass is 309 g/mol. The molecule has 0 aromatic heterocycles. The molecule has 120 valence electrons. The molecule has 0 atom stereocenters. The van der Waals surface area contributed by atoms with Crippen LogP contribution in [0.3, 0.4) is 0 Å². The molecule has 0 aliphatic carbocycles. The number of nitrogens with one attached hydrogen (secondary N) is 1. The Bertz CT molecular complexity index is 557. The minimum absolute atomic E-state index is 0.0155. The molecule has 1 aliphatic rings. The number of carbonyl (C=O) groups is 2. The first-order valence-corrected chi connectivity index (χ1v) is 7.14. The number of methoxy groups -OCH3 is 1. The number of amides is 2. The van der Waals surface area contributed by atoms with E-state index in [1.54, 1.807) is 0 Å². The minimum Gasteiger partial charge on any atom is -0.494 e. The third-order valence-electron chi connectivity index (χ3n) is 3.72. The lowest BCUT2D eigenvalue weighted by molar-refractivity contribution is -0.119. The fourth-order valence-corrected chi connectivity index (χ4v) is 2.53. The third-order valence-corrected chi connectivity index (χ3v) is 3.72. The van der Waals surface area contributed by atoms with E-state index in [4.69, 9.17) is 10.5 Å². The van der Waals surface area contributed by atoms with Gasteiger partial charge in [0.2, 0.25) is 5.91 Å².